The first-order chi connectivity index (χ1) is 11.3. The van der Waals surface area contributed by atoms with E-state index >= 15 is 0 Å². The fraction of sp³-hybridized carbons (Fsp3) is 0.235. The molecule has 0 saturated carbocycles. The van der Waals surface area contributed by atoms with Gasteiger partial charge in [0.2, 0.25) is 5.91 Å². The second-order valence-corrected chi connectivity index (χ2v) is 7.45. The van der Waals surface area contributed by atoms with Gasteiger partial charge in [0, 0.05) is 26.8 Å². The average Bonchev–Trinajstić information content (AvgIpc) is 2.59. The molecular weight excluding hydrogens is 326 g/mol. The Morgan fingerprint density at radius 1 is 1.00 bits per heavy atom. The minimum atomic E-state index is -3.67. The summed E-state index contributed by atoms with van der Waals surface area (Å²) in [5, 5.41) is 2.94. The molecule has 0 aliphatic heterocycles. The van der Waals surface area contributed by atoms with Crippen molar-refractivity contribution in [3.05, 3.63) is 54.6 Å². The largest absolute Gasteiger partial charge is 0.376 e. The molecule has 128 valence electrons. The summed E-state index contributed by atoms with van der Waals surface area (Å²) in [6, 6.07) is 15.3. The molecule has 1 N–H and O–H groups in total. The molecule has 1 amide bonds. The van der Waals surface area contributed by atoms with Crippen LogP contribution in [0.1, 0.15) is 0 Å². The Bertz CT molecular complexity index is 805. The summed E-state index contributed by atoms with van der Waals surface area (Å²) in [7, 11) is 1.18. The highest BCUT2D eigenvalue weighted by molar-refractivity contribution is 7.92. The number of carbonyl (C=O) groups is 1. The van der Waals surface area contributed by atoms with Crippen molar-refractivity contribution in [1.29, 1.82) is 0 Å². The summed E-state index contributed by atoms with van der Waals surface area (Å²) >= 11 is 0. The van der Waals surface area contributed by atoms with Gasteiger partial charge in [0.25, 0.3) is 10.0 Å². The molecular formula is C17H21N3O3S. The molecule has 24 heavy (non-hydrogen) atoms. The zero-order valence-corrected chi connectivity index (χ0v) is 14.7. The topological polar surface area (TPSA) is 69.7 Å². The predicted molar refractivity (Wildman–Crippen MR) is 95.7 cm³/mol. The number of nitrogens with zero attached hydrogens (tertiary/aromatic N) is 2. The molecule has 0 radical (unpaired) electrons. The van der Waals surface area contributed by atoms with E-state index in [1.807, 2.05) is 6.07 Å². The standard InChI is InChI=1S/C17H21N3O3S/c1-19(2)17(21)13-18-14-8-7-11-16(12-14)24(22,23)20(3)15-9-5-4-6-10-15/h4-12,18H,13H2,1-3H3. The minimum absolute atomic E-state index is 0.0929. The lowest BCUT2D eigenvalue weighted by Gasteiger charge is -2.20. The first kappa shape index (κ1) is 17.8. The maximum Gasteiger partial charge on any atom is 0.264 e. The number of rotatable bonds is 6. The third kappa shape index (κ3) is 4.05. The lowest BCUT2D eigenvalue weighted by molar-refractivity contribution is -0.126. The monoisotopic (exact) mass is 347 g/mol. The lowest BCUT2D eigenvalue weighted by Crippen LogP contribution is -2.29. The number of hydrogen-bond donors (Lipinski definition) is 1. The lowest BCUT2D eigenvalue weighted by atomic mass is 10.3. The quantitative estimate of drug-likeness (QED) is 0.868. The van der Waals surface area contributed by atoms with Gasteiger partial charge < -0.3 is 10.2 Å². The minimum Gasteiger partial charge on any atom is -0.376 e. The maximum atomic E-state index is 12.8. The van der Waals surface area contributed by atoms with Crippen LogP contribution in [0, 0.1) is 0 Å². The summed E-state index contributed by atoms with van der Waals surface area (Å²) in [4.78, 5) is 13.3. The van der Waals surface area contributed by atoms with Crippen LogP contribution >= 0.6 is 0 Å². The first-order valence-electron chi connectivity index (χ1n) is 7.40. The fourth-order valence-corrected chi connectivity index (χ4v) is 3.28. The summed E-state index contributed by atoms with van der Waals surface area (Å²) in [6.07, 6.45) is 0. The normalized spacial score (nSPS) is 11.0. The zero-order chi connectivity index (χ0) is 17.7. The van der Waals surface area contributed by atoms with Crippen molar-refractivity contribution in [3.8, 4) is 0 Å². The van der Waals surface area contributed by atoms with Crippen molar-refractivity contribution in [2.24, 2.45) is 0 Å². The average molecular weight is 347 g/mol. The van der Waals surface area contributed by atoms with Crippen LogP contribution in [0.3, 0.4) is 0 Å². The number of anilines is 2. The molecule has 0 unspecified atom stereocenters. The number of amides is 1. The third-order valence-electron chi connectivity index (χ3n) is 3.55. The number of hydrogen-bond acceptors (Lipinski definition) is 4. The van der Waals surface area contributed by atoms with Crippen molar-refractivity contribution < 1.29 is 13.2 Å². The molecule has 0 atom stereocenters. The molecule has 2 aromatic carbocycles. The maximum absolute atomic E-state index is 12.8. The van der Waals surface area contributed by atoms with E-state index in [-0.39, 0.29) is 17.3 Å². The third-order valence-corrected chi connectivity index (χ3v) is 5.34. The van der Waals surface area contributed by atoms with Crippen molar-refractivity contribution in [2.75, 3.05) is 37.3 Å². The molecule has 0 bridgehead atoms. The van der Waals surface area contributed by atoms with Crippen molar-refractivity contribution in [2.45, 2.75) is 4.90 Å². The number of likely N-dealkylation sites (N-methyl/N-ethyl adjacent to an activating group) is 1. The summed E-state index contributed by atoms with van der Waals surface area (Å²) in [5.74, 6) is -0.0929. The number of nitrogens with one attached hydrogen (secondary N) is 1. The number of sulfonamides is 1. The Balaban J connectivity index is 2.22. The number of benzene rings is 2. The molecule has 0 aromatic heterocycles. The molecule has 0 spiro atoms. The molecule has 6 nitrogen and oxygen atoms in total. The van der Waals surface area contributed by atoms with Gasteiger partial charge in [-0.1, -0.05) is 24.3 Å². The van der Waals surface area contributed by atoms with E-state index in [1.165, 1.54) is 28.4 Å². The predicted octanol–water partition coefficient (Wildman–Crippen LogP) is 2.01. The summed E-state index contributed by atoms with van der Waals surface area (Å²) in [5.41, 5.74) is 1.16. The van der Waals surface area contributed by atoms with Gasteiger partial charge in [-0.2, -0.15) is 0 Å². The van der Waals surface area contributed by atoms with Gasteiger partial charge in [-0.15, -0.1) is 0 Å². The molecule has 2 aromatic rings. The molecule has 0 aliphatic rings. The summed E-state index contributed by atoms with van der Waals surface area (Å²) < 4.78 is 26.7. The van der Waals surface area contributed by atoms with Crippen molar-refractivity contribution in [3.63, 3.8) is 0 Å². The van der Waals surface area contributed by atoms with E-state index in [2.05, 4.69) is 5.32 Å². The highest BCUT2D eigenvalue weighted by atomic mass is 32.2. The van der Waals surface area contributed by atoms with Gasteiger partial charge in [0.1, 0.15) is 0 Å². The molecule has 0 saturated heterocycles. The van der Waals surface area contributed by atoms with E-state index in [4.69, 9.17) is 0 Å². The van der Waals surface area contributed by atoms with E-state index < -0.39 is 10.0 Å². The van der Waals surface area contributed by atoms with Crippen LogP contribution in [0.5, 0.6) is 0 Å². The van der Waals surface area contributed by atoms with E-state index in [0.717, 1.165) is 0 Å². The van der Waals surface area contributed by atoms with Crippen LogP contribution < -0.4 is 9.62 Å². The Labute approximate surface area is 142 Å². The van der Waals surface area contributed by atoms with E-state index in [1.54, 1.807) is 50.5 Å². The van der Waals surface area contributed by atoms with Crippen LogP contribution in [-0.4, -0.2) is 46.9 Å². The van der Waals surface area contributed by atoms with Gasteiger partial charge in [0.15, 0.2) is 0 Å². The van der Waals surface area contributed by atoms with E-state index in [9.17, 15) is 13.2 Å². The van der Waals surface area contributed by atoms with Gasteiger partial charge in [-0.3, -0.25) is 9.10 Å². The van der Waals surface area contributed by atoms with Crippen LogP contribution in [0.25, 0.3) is 0 Å². The number of para-hydroxylation sites is 1. The first-order valence-corrected chi connectivity index (χ1v) is 8.84. The Kier molecular flexibility index (Phi) is 5.46. The van der Waals surface area contributed by atoms with Crippen LogP contribution in [-0.2, 0) is 14.8 Å². The van der Waals surface area contributed by atoms with E-state index in [0.29, 0.717) is 11.4 Å². The molecule has 0 fully saturated rings. The molecule has 0 aliphatic carbocycles. The zero-order valence-electron chi connectivity index (χ0n) is 13.9. The van der Waals surface area contributed by atoms with Crippen LogP contribution in [0.15, 0.2) is 59.5 Å². The summed E-state index contributed by atoms with van der Waals surface area (Å²) in [6.45, 7) is 0.102. The molecule has 2 rings (SSSR count). The van der Waals surface area contributed by atoms with Gasteiger partial charge in [0.05, 0.1) is 17.1 Å². The Morgan fingerprint density at radius 3 is 2.29 bits per heavy atom. The van der Waals surface area contributed by atoms with Crippen LogP contribution in [0.2, 0.25) is 0 Å². The van der Waals surface area contributed by atoms with Crippen molar-refractivity contribution >= 4 is 27.3 Å². The van der Waals surface area contributed by atoms with Crippen LogP contribution in [0.4, 0.5) is 11.4 Å². The number of carbonyl (C=O) groups excluding carboxylic acids is 1. The molecule has 7 heteroatoms. The van der Waals surface area contributed by atoms with Gasteiger partial charge in [-0.05, 0) is 30.3 Å². The Morgan fingerprint density at radius 2 is 1.67 bits per heavy atom. The second-order valence-electron chi connectivity index (χ2n) is 5.48. The smallest absolute Gasteiger partial charge is 0.264 e. The van der Waals surface area contributed by atoms with Gasteiger partial charge >= 0.3 is 0 Å². The van der Waals surface area contributed by atoms with Crippen molar-refractivity contribution in [1.82, 2.24) is 4.90 Å². The SMILES string of the molecule is CN(C)C(=O)CNc1cccc(S(=O)(=O)N(C)c2ccccc2)c1. The Hall–Kier alpha value is -2.54. The second kappa shape index (κ2) is 7.35. The highest BCUT2D eigenvalue weighted by Gasteiger charge is 2.21. The highest BCUT2D eigenvalue weighted by Crippen LogP contribution is 2.23. The van der Waals surface area contributed by atoms with Gasteiger partial charge in [-0.25, -0.2) is 8.42 Å². The fourth-order valence-electron chi connectivity index (χ4n) is 2.04. The molecule has 0 heterocycles.